The van der Waals surface area contributed by atoms with Gasteiger partial charge in [0.1, 0.15) is 0 Å². The van der Waals surface area contributed by atoms with E-state index in [9.17, 15) is 0 Å². The van der Waals surface area contributed by atoms with Crippen molar-refractivity contribution in [3.05, 3.63) is 0 Å². The van der Waals surface area contributed by atoms with Gasteiger partial charge in [0, 0.05) is 0 Å². The Labute approximate surface area is 256 Å². The molecule has 0 radical (unpaired) electrons. The quantitative estimate of drug-likeness (QED) is 0.208. The molecule has 17 unspecified atom stereocenters. The van der Waals surface area contributed by atoms with Gasteiger partial charge in [-0.05, 0) is 0 Å². The number of hydrogen-bond acceptors (Lipinski definition) is 8. The summed E-state index contributed by atoms with van der Waals surface area (Å²) in [6.07, 6.45) is 23.9. The summed E-state index contributed by atoms with van der Waals surface area (Å²) < 4.78 is 0.696. The predicted molar refractivity (Wildman–Crippen MR) is 162 cm³/mol. The molecule has 0 amide bonds. The molecule has 5 saturated heterocycles. The summed E-state index contributed by atoms with van der Waals surface area (Å²) in [4.78, 5) is 0. The maximum atomic E-state index is 4.28. The number of rotatable bonds is 0. The van der Waals surface area contributed by atoms with Crippen LogP contribution in [0.2, 0.25) is 4.78 Å². The van der Waals surface area contributed by atoms with Gasteiger partial charge < -0.3 is 0 Å². The van der Waals surface area contributed by atoms with E-state index in [1.165, 1.54) is 96.3 Å². The van der Waals surface area contributed by atoms with Crippen LogP contribution >= 0.6 is 0 Å². The average Bonchev–Trinajstić information content (AvgIpc) is 3.73. The van der Waals surface area contributed by atoms with Crippen molar-refractivity contribution >= 4 is 16.3 Å². The van der Waals surface area contributed by atoms with Gasteiger partial charge in [-0.25, -0.2) is 0 Å². The van der Waals surface area contributed by atoms with Crippen molar-refractivity contribution in [3.8, 4) is 0 Å². The van der Waals surface area contributed by atoms with Crippen molar-refractivity contribution in [2.75, 3.05) is 0 Å². The van der Waals surface area contributed by atoms with E-state index in [1.54, 1.807) is 0 Å². The molecular weight excluding hydrogens is 523 g/mol. The second-order valence-electron chi connectivity index (χ2n) is 15.8. The number of hydrogen-bond donors (Lipinski definition) is 8. The van der Waals surface area contributed by atoms with Gasteiger partial charge in [-0.15, -0.1) is 0 Å². The molecule has 0 spiro atoms. The van der Waals surface area contributed by atoms with Crippen LogP contribution in [0.1, 0.15) is 96.3 Å². The van der Waals surface area contributed by atoms with Gasteiger partial charge in [0.15, 0.2) is 0 Å². The summed E-state index contributed by atoms with van der Waals surface area (Å²) in [6.45, 7) is 0. The van der Waals surface area contributed by atoms with Gasteiger partial charge >= 0.3 is 250 Å². The summed E-state index contributed by atoms with van der Waals surface area (Å²) >= 11 is 3.28. The van der Waals surface area contributed by atoms with Crippen LogP contribution in [0.3, 0.4) is 0 Å². The van der Waals surface area contributed by atoms with E-state index in [-0.39, 0.29) is 0 Å². The fourth-order valence-corrected chi connectivity index (χ4v) is 12.9. The first-order valence-corrected chi connectivity index (χ1v) is 18.7. The average molecular weight is 579 g/mol. The Morgan fingerprint density at radius 1 is 0.293 bits per heavy atom. The monoisotopic (exact) mass is 578 g/mol. The molecule has 4 saturated carbocycles. The molecule has 8 nitrogen and oxygen atoms in total. The maximum absolute atomic E-state index is 4.28. The van der Waals surface area contributed by atoms with Crippen LogP contribution in [0.4, 0.5) is 0 Å². The first-order valence-electron chi connectivity index (χ1n) is 18.1. The van der Waals surface area contributed by atoms with Crippen LogP contribution in [0.5, 0.6) is 0 Å². The van der Waals surface area contributed by atoms with E-state index in [0.29, 0.717) is 65.9 Å². The molecule has 9 aliphatic rings. The molecule has 5 aliphatic heterocycles. The molecule has 41 heavy (non-hydrogen) atoms. The summed E-state index contributed by atoms with van der Waals surface area (Å²) in [5, 5.41) is 33.9. The Kier molecular flexibility index (Phi) is 7.53. The van der Waals surface area contributed by atoms with E-state index in [4.69, 9.17) is 0 Å². The molecule has 17 atom stereocenters. The Morgan fingerprint density at radius 3 is 0.902 bits per heavy atom. The minimum absolute atomic E-state index is 0.376. The van der Waals surface area contributed by atoms with Gasteiger partial charge in [-0.3, -0.25) is 0 Å². The van der Waals surface area contributed by atoms with Crippen LogP contribution in [0.15, 0.2) is 0 Å². The van der Waals surface area contributed by atoms with Gasteiger partial charge in [-0.1, -0.05) is 6.42 Å². The molecule has 8 bridgehead atoms. The van der Waals surface area contributed by atoms with Crippen molar-refractivity contribution in [2.45, 2.75) is 150 Å². The van der Waals surface area contributed by atoms with E-state index in [0.717, 1.165) is 35.5 Å². The fraction of sp³-hybridized carbons (Fsp3) is 1.00. The van der Waals surface area contributed by atoms with Crippen LogP contribution < -0.4 is 42.5 Å². The van der Waals surface area contributed by atoms with Crippen molar-refractivity contribution in [1.82, 2.24) is 42.5 Å². The summed E-state index contributed by atoms with van der Waals surface area (Å²) in [5.41, 5.74) is 0. The van der Waals surface area contributed by atoms with Crippen molar-refractivity contribution in [3.63, 3.8) is 0 Å². The molecular formula is C32H55AlN8+2. The third-order valence-corrected chi connectivity index (χ3v) is 14.7. The van der Waals surface area contributed by atoms with Crippen molar-refractivity contribution < 1.29 is 0 Å². The normalized spacial score (nSPS) is 58.3. The molecule has 9 rings (SSSR count). The second-order valence-corrected chi connectivity index (χ2v) is 16.7. The Balaban J connectivity index is 1.06. The topological polar surface area (TPSA) is 96.2 Å². The first-order chi connectivity index (χ1) is 20.2. The molecule has 0 aromatic carbocycles. The second kappa shape index (κ2) is 11.2. The van der Waals surface area contributed by atoms with E-state index in [1.807, 2.05) is 0 Å². The fourth-order valence-electron chi connectivity index (χ4n) is 12.1. The van der Waals surface area contributed by atoms with Gasteiger partial charge in [0.2, 0.25) is 0 Å². The zero-order valence-corrected chi connectivity index (χ0v) is 26.2. The zero-order chi connectivity index (χ0) is 27.1. The molecule has 5 heterocycles. The Bertz CT molecular complexity index is 953. The van der Waals surface area contributed by atoms with Gasteiger partial charge in [0.25, 0.3) is 0 Å². The van der Waals surface area contributed by atoms with Crippen LogP contribution in [-0.2, 0) is 0 Å². The Morgan fingerprint density at radius 2 is 0.561 bits per heavy atom. The Hall–Kier alpha value is 0.212. The third-order valence-electron chi connectivity index (χ3n) is 13.9. The van der Waals surface area contributed by atoms with Gasteiger partial charge in [0.05, 0.1) is 0 Å². The number of fused-ring (bicyclic) bond motifs is 20. The minimum atomic E-state index is 0.376. The summed E-state index contributed by atoms with van der Waals surface area (Å²) in [7, 11) is 0. The number of nitrogens with one attached hydrogen (secondary N) is 8. The molecule has 0 aromatic heterocycles. The van der Waals surface area contributed by atoms with Crippen LogP contribution in [0.25, 0.3) is 0 Å². The predicted octanol–water partition coefficient (Wildman–Crippen LogP) is 2.17. The van der Waals surface area contributed by atoms with Crippen molar-refractivity contribution in [2.24, 2.45) is 47.3 Å². The van der Waals surface area contributed by atoms with Gasteiger partial charge in [-0.2, -0.15) is 0 Å². The van der Waals surface area contributed by atoms with Crippen LogP contribution in [-0.4, -0.2) is 65.6 Å². The zero-order valence-electron chi connectivity index (χ0n) is 25.0. The molecule has 9 fully saturated rings. The molecule has 4 aliphatic carbocycles. The first kappa shape index (κ1) is 27.5. The van der Waals surface area contributed by atoms with E-state index in [2.05, 4.69) is 58.8 Å². The molecule has 224 valence electrons. The standard InChI is InChI=1S/C32H55N8.Al/c1-2-10-18-17(9-1)25-33-26(18)38-28-21-13-5-6-14-22(21)30(35-28)40-32-24-16-8-7-15-23(24)31(36-32)39-29-20-12-4-3-11-19(20)27(34-29)37-25;/h9,17-40H,1-8,10-16H2;/q;+2. The third kappa shape index (κ3) is 4.75. The van der Waals surface area contributed by atoms with Crippen molar-refractivity contribution in [1.29, 1.82) is 0 Å². The van der Waals surface area contributed by atoms with E-state index < -0.39 is 0 Å². The molecule has 0 aromatic rings. The molecule has 9 heteroatoms. The van der Waals surface area contributed by atoms with E-state index >= 15 is 0 Å². The molecule has 8 N–H and O–H groups in total. The summed E-state index contributed by atoms with van der Waals surface area (Å²) in [6, 6.07) is 0. The SMILES string of the molecule is [Al+2][CH]1CCCC2C3NC4NC(NC5NC(NC6NC(NC(N3)C12)C1CCCCC61)C1CCCCC51)C1CCCCC41. The summed E-state index contributed by atoms with van der Waals surface area (Å²) in [5.74, 6) is 5.79. The van der Waals surface area contributed by atoms with Crippen LogP contribution in [0, 0.1) is 47.3 Å².